The van der Waals surface area contributed by atoms with Gasteiger partial charge in [0.25, 0.3) is 5.24 Å². The smallest absolute Gasteiger partial charge is 0.281 e. The summed E-state index contributed by atoms with van der Waals surface area (Å²) in [5.74, 6) is 1.97. The van der Waals surface area contributed by atoms with E-state index in [0.717, 1.165) is 18.8 Å². The molecule has 0 N–H and O–H groups in total. The normalized spacial score (nSPS) is 10.3. The van der Waals surface area contributed by atoms with Crippen LogP contribution in [0.25, 0.3) is 0 Å². The second kappa shape index (κ2) is 10.1. The van der Waals surface area contributed by atoms with E-state index in [1.54, 1.807) is 0 Å². The molecule has 0 heterocycles. The van der Waals surface area contributed by atoms with Crippen molar-refractivity contribution in [1.29, 1.82) is 0 Å². The van der Waals surface area contributed by atoms with Gasteiger partial charge in [-0.05, 0) is 17.6 Å². The molecule has 0 saturated carbocycles. The van der Waals surface area contributed by atoms with Crippen LogP contribution in [-0.4, -0.2) is 29.0 Å². The maximum atomic E-state index is 11.7. The standard InChI is InChI=1S/C11H23NOS.Y/c1-6-14-11(13)12(7-9(2)3)8-10(4)5;/h9-10H,6-8H2,1-5H3;. The Labute approximate surface area is 124 Å². The van der Waals surface area contributed by atoms with Crippen molar-refractivity contribution in [3.8, 4) is 0 Å². The number of hydrogen-bond donors (Lipinski definition) is 0. The third-order valence-electron chi connectivity index (χ3n) is 1.70. The van der Waals surface area contributed by atoms with Gasteiger partial charge in [-0.2, -0.15) is 0 Å². The largest absolute Gasteiger partial charge is 0.333 e. The fraction of sp³-hybridized carbons (Fsp3) is 0.909. The molecule has 0 aliphatic carbocycles. The van der Waals surface area contributed by atoms with Crippen molar-refractivity contribution in [3.63, 3.8) is 0 Å². The van der Waals surface area contributed by atoms with Crippen LogP contribution >= 0.6 is 11.8 Å². The number of nitrogens with zero attached hydrogens (tertiary/aromatic N) is 1. The molecule has 0 aliphatic rings. The van der Waals surface area contributed by atoms with E-state index in [2.05, 4.69) is 27.7 Å². The molecule has 0 fully saturated rings. The van der Waals surface area contributed by atoms with E-state index in [9.17, 15) is 4.79 Å². The van der Waals surface area contributed by atoms with Gasteiger partial charge in [0.05, 0.1) is 0 Å². The number of rotatable bonds is 5. The molecule has 0 spiro atoms. The summed E-state index contributed by atoms with van der Waals surface area (Å²) in [6.07, 6.45) is 0. The molecule has 0 bridgehead atoms. The van der Waals surface area contributed by atoms with Crippen molar-refractivity contribution in [2.75, 3.05) is 18.8 Å². The summed E-state index contributed by atoms with van der Waals surface area (Å²) in [5.41, 5.74) is 0. The quantitative estimate of drug-likeness (QED) is 0.775. The Morgan fingerprint density at radius 1 is 1.13 bits per heavy atom. The van der Waals surface area contributed by atoms with E-state index < -0.39 is 0 Å². The van der Waals surface area contributed by atoms with E-state index in [0.29, 0.717) is 11.8 Å². The number of amides is 1. The van der Waals surface area contributed by atoms with Crippen molar-refractivity contribution in [1.82, 2.24) is 4.90 Å². The van der Waals surface area contributed by atoms with Crippen molar-refractivity contribution >= 4 is 17.0 Å². The van der Waals surface area contributed by atoms with Gasteiger partial charge < -0.3 is 4.90 Å². The SMILES string of the molecule is CCSC(=O)N(CC(C)C)CC(C)C.[Y]. The van der Waals surface area contributed by atoms with Gasteiger partial charge >= 0.3 is 0 Å². The third kappa shape index (κ3) is 9.83. The molecule has 0 aromatic carbocycles. The number of hydrogen-bond acceptors (Lipinski definition) is 2. The molecule has 0 aromatic rings. The zero-order valence-corrected chi connectivity index (χ0v) is 14.3. The van der Waals surface area contributed by atoms with Crippen molar-refractivity contribution in [3.05, 3.63) is 0 Å². The first kappa shape index (κ1) is 18.3. The molecule has 2 nitrogen and oxygen atoms in total. The average molecular weight is 306 g/mol. The zero-order chi connectivity index (χ0) is 11.1. The van der Waals surface area contributed by atoms with Gasteiger partial charge in [-0.3, -0.25) is 4.79 Å². The maximum Gasteiger partial charge on any atom is 0.281 e. The van der Waals surface area contributed by atoms with E-state index in [1.165, 1.54) is 11.8 Å². The molecule has 15 heavy (non-hydrogen) atoms. The molecule has 0 aliphatic heterocycles. The number of thioether (sulfide) groups is 1. The van der Waals surface area contributed by atoms with Gasteiger partial charge in [0.2, 0.25) is 0 Å². The molecule has 87 valence electrons. The summed E-state index contributed by atoms with van der Waals surface area (Å²) in [6.45, 7) is 12.4. The molecule has 0 rings (SSSR count). The van der Waals surface area contributed by atoms with Crippen molar-refractivity contribution < 1.29 is 37.5 Å². The van der Waals surface area contributed by atoms with Gasteiger partial charge in [0, 0.05) is 45.8 Å². The minimum atomic E-state index is 0. The van der Waals surface area contributed by atoms with E-state index >= 15 is 0 Å². The number of carbonyl (C=O) groups is 1. The van der Waals surface area contributed by atoms with Crippen LogP contribution in [0.1, 0.15) is 34.6 Å². The Hall–Kier alpha value is 0.924. The van der Waals surface area contributed by atoms with Crippen LogP contribution in [0.4, 0.5) is 4.79 Å². The van der Waals surface area contributed by atoms with Crippen molar-refractivity contribution in [2.24, 2.45) is 11.8 Å². The molecular formula is C11H23NOSY. The third-order valence-corrected chi connectivity index (χ3v) is 2.49. The van der Waals surface area contributed by atoms with Crippen molar-refractivity contribution in [2.45, 2.75) is 34.6 Å². The van der Waals surface area contributed by atoms with Crippen LogP contribution in [0.2, 0.25) is 0 Å². The Kier molecular flexibility index (Phi) is 12.3. The van der Waals surface area contributed by atoms with Crippen LogP contribution in [0, 0.1) is 11.8 Å². The van der Waals surface area contributed by atoms with Gasteiger partial charge in [-0.1, -0.05) is 46.4 Å². The van der Waals surface area contributed by atoms with E-state index in [-0.39, 0.29) is 37.9 Å². The zero-order valence-electron chi connectivity index (χ0n) is 10.6. The monoisotopic (exact) mass is 306 g/mol. The van der Waals surface area contributed by atoms with Gasteiger partial charge in [0.15, 0.2) is 0 Å². The summed E-state index contributed by atoms with van der Waals surface area (Å²) in [5, 5.41) is 0.231. The summed E-state index contributed by atoms with van der Waals surface area (Å²) in [6, 6.07) is 0. The molecule has 0 saturated heterocycles. The fourth-order valence-electron chi connectivity index (χ4n) is 1.32. The van der Waals surface area contributed by atoms with E-state index in [4.69, 9.17) is 0 Å². The average Bonchev–Trinajstić information content (AvgIpc) is 2.01. The summed E-state index contributed by atoms with van der Waals surface area (Å²) in [4.78, 5) is 13.7. The molecule has 0 unspecified atom stereocenters. The van der Waals surface area contributed by atoms with Crippen LogP contribution < -0.4 is 0 Å². The van der Waals surface area contributed by atoms with Crippen LogP contribution in [-0.2, 0) is 32.7 Å². The Morgan fingerprint density at radius 2 is 1.53 bits per heavy atom. The fourth-order valence-corrected chi connectivity index (χ4v) is 1.90. The molecule has 0 atom stereocenters. The van der Waals surface area contributed by atoms with Gasteiger partial charge in [0.1, 0.15) is 0 Å². The number of carbonyl (C=O) groups excluding carboxylic acids is 1. The first-order valence-electron chi connectivity index (χ1n) is 5.39. The molecule has 0 aromatic heterocycles. The van der Waals surface area contributed by atoms with Gasteiger partial charge in [-0.15, -0.1) is 0 Å². The predicted molar refractivity (Wildman–Crippen MR) is 64.8 cm³/mol. The predicted octanol–water partition coefficient (Wildman–Crippen LogP) is 3.47. The Balaban J connectivity index is 0. The summed E-state index contributed by atoms with van der Waals surface area (Å²) >= 11 is 1.41. The van der Waals surface area contributed by atoms with Gasteiger partial charge in [-0.25, -0.2) is 0 Å². The topological polar surface area (TPSA) is 20.3 Å². The van der Waals surface area contributed by atoms with Crippen LogP contribution in [0.15, 0.2) is 0 Å². The molecule has 4 heteroatoms. The maximum absolute atomic E-state index is 11.7. The minimum Gasteiger partial charge on any atom is -0.333 e. The summed E-state index contributed by atoms with van der Waals surface area (Å²) < 4.78 is 0. The molecule has 1 radical (unpaired) electrons. The second-order valence-corrected chi connectivity index (χ2v) is 5.61. The Morgan fingerprint density at radius 3 is 1.80 bits per heavy atom. The first-order chi connectivity index (χ1) is 6.47. The summed E-state index contributed by atoms with van der Waals surface area (Å²) in [7, 11) is 0. The minimum absolute atomic E-state index is 0. The first-order valence-corrected chi connectivity index (χ1v) is 6.37. The Bertz CT molecular complexity index is 164. The van der Waals surface area contributed by atoms with E-state index in [1.807, 2.05) is 11.8 Å². The molecular weight excluding hydrogens is 283 g/mol. The molecule has 1 amide bonds. The van der Waals surface area contributed by atoms with Crippen LogP contribution in [0.5, 0.6) is 0 Å². The second-order valence-electron chi connectivity index (χ2n) is 4.39. The van der Waals surface area contributed by atoms with Crippen LogP contribution in [0.3, 0.4) is 0 Å².